The summed E-state index contributed by atoms with van der Waals surface area (Å²) in [5.41, 5.74) is 6.41. The van der Waals surface area contributed by atoms with Gasteiger partial charge < -0.3 is 20.7 Å². The lowest BCUT2D eigenvalue weighted by Gasteiger charge is -2.09. The molecule has 4 N–H and O–H groups in total. The maximum Gasteiger partial charge on any atom is 0.490 e. The fraction of sp³-hybridized carbons (Fsp3) is 0.294. The zero-order valence-electron chi connectivity index (χ0n) is 16.6. The standard InChI is InChI=1S/C13H12F3N3O.2C2HF3O2/c1-20-12-8(5-17)4-9(6-19-12)11-3-2-10(7-18-11)13(14,15)16;2*3-2(4,5)1(6)7/h2-4,6-7H,5,17H2,1H3;2*(H,6,7). The molecule has 0 atom stereocenters. The van der Waals surface area contributed by atoms with Crippen LogP contribution in [0.25, 0.3) is 11.3 Å². The van der Waals surface area contributed by atoms with Crippen LogP contribution in [-0.4, -0.2) is 51.6 Å². The molecule has 17 heteroatoms. The van der Waals surface area contributed by atoms with Crippen LogP contribution in [0.5, 0.6) is 5.88 Å². The maximum absolute atomic E-state index is 12.5. The monoisotopic (exact) mass is 511 g/mol. The Morgan fingerprint density at radius 3 is 1.68 bits per heavy atom. The number of alkyl halides is 9. The number of halogens is 9. The van der Waals surface area contributed by atoms with Gasteiger partial charge in [-0.3, -0.25) is 4.98 Å². The first-order chi connectivity index (χ1) is 15.3. The number of nitrogens with zero attached hydrogens (tertiary/aromatic N) is 2. The van der Waals surface area contributed by atoms with Crippen LogP contribution in [0.15, 0.2) is 30.6 Å². The van der Waals surface area contributed by atoms with Gasteiger partial charge in [0, 0.05) is 30.1 Å². The molecule has 8 nitrogen and oxygen atoms in total. The zero-order valence-corrected chi connectivity index (χ0v) is 16.6. The summed E-state index contributed by atoms with van der Waals surface area (Å²) < 4.78 is 106. The highest BCUT2D eigenvalue weighted by atomic mass is 19.4. The number of carboxylic acid groups (broad SMARTS) is 2. The van der Waals surface area contributed by atoms with Crippen LogP contribution in [0.1, 0.15) is 11.1 Å². The van der Waals surface area contributed by atoms with Crippen LogP contribution in [0.3, 0.4) is 0 Å². The van der Waals surface area contributed by atoms with E-state index in [1.165, 1.54) is 19.4 Å². The van der Waals surface area contributed by atoms with Crippen molar-refractivity contribution in [3.05, 3.63) is 41.7 Å². The van der Waals surface area contributed by atoms with E-state index in [4.69, 9.17) is 30.3 Å². The molecule has 0 aliphatic heterocycles. The molecule has 0 aromatic carbocycles. The SMILES string of the molecule is COc1ncc(-c2ccc(C(F)(F)F)cn2)cc1CN.O=C(O)C(F)(F)F.O=C(O)C(F)(F)F. The highest BCUT2D eigenvalue weighted by Crippen LogP contribution is 2.30. The van der Waals surface area contributed by atoms with Crippen molar-refractivity contribution in [3.63, 3.8) is 0 Å². The van der Waals surface area contributed by atoms with E-state index in [0.29, 0.717) is 22.7 Å². The fourth-order valence-corrected chi connectivity index (χ4v) is 1.70. The molecule has 190 valence electrons. The smallest absolute Gasteiger partial charge is 0.481 e. The van der Waals surface area contributed by atoms with E-state index >= 15 is 0 Å². The van der Waals surface area contributed by atoms with Crippen molar-refractivity contribution >= 4 is 11.9 Å². The fourth-order valence-electron chi connectivity index (χ4n) is 1.70. The van der Waals surface area contributed by atoms with Gasteiger partial charge in [0.1, 0.15) is 0 Å². The van der Waals surface area contributed by atoms with Crippen molar-refractivity contribution in [1.29, 1.82) is 0 Å². The Hall–Kier alpha value is -3.63. The summed E-state index contributed by atoms with van der Waals surface area (Å²) in [7, 11) is 1.47. The van der Waals surface area contributed by atoms with Gasteiger partial charge in [0.25, 0.3) is 0 Å². The first-order valence-electron chi connectivity index (χ1n) is 8.21. The van der Waals surface area contributed by atoms with Gasteiger partial charge in [-0.2, -0.15) is 39.5 Å². The lowest BCUT2D eigenvalue weighted by Crippen LogP contribution is -2.21. The molecule has 0 amide bonds. The van der Waals surface area contributed by atoms with Crippen molar-refractivity contribution in [2.75, 3.05) is 7.11 Å². The number of hydrogen-bond acceptors (Lipinski definition) is 6. The van der Waals surface area contributed by atoms with Crippen molar-refractivity contribution in [2.24, 2.45) is 5.73 Å². The van der Waals surface area contributed by atoms with E-state index < -0.39 is 36.0 Å². The van der Waals surface area contributed by atoms with E-state index in [1.807, 2.05) is 0 Å². The van der Waals surface area contributed by atoms with E-state index in [0.717, 1.165) is 12.3 Å². The third-order valence-electron chi connectivity index (χ3n) is 3.21. The predicted molar refractivity (Wildman–Crippen MR) is 94.3 cm³/mol. The molecule has 0 saturated heterocycles. The topological polar surface area (TPSA) is 136 Å². The first-order valence-corrected chi connectivity index (χ1v) is 8.21. The lowest BCUT2D eigenvalue weighted by molar-refractivity contribution is -0.193. The predicted octanol–water partition coefficient (Wildman–Crippen LogP) is 3.90. The van der Waals surface area contributed by atoms with Crippen molar-refractivity contribution in [3.8, 4) is 17.1 Å². The number of carbonyl (C=O) groups is 2. The molecule has 2 aromatic rings. The summed E-state index contributed by atoms with van der Waals surface area (Å²) in [5.74, 6) is -5.12. The highest BCUT2D eigenvalue weighted by molar-refractivity contribution is 5.73. The van der Waals surface area contributed by atoms with Gasteiger partial charge in [0.2, 0.25) is 5.88 Å². The number of hydrogen-bond donors (Lipinski definition) is 3. The summed E-state index contributed by atoms with van der Waals surface area (Å²) >= 11 is 0. The Bertz CT molecular complexity index is 935. The third-order valence-corrected chi connectivity index (χ3v) is 3.21. The number of nitrogens with two attached hydrogens (primary N) is 1. The minimum Gasteiger partial charge on any atom is -0.481 e. The average Bonchev–Trinajstić information content (AvgIpc) is 2.72. The summed E-state index contributed by atoms with van der Waals surface area (Å²) in [6.07, 6.45) is -12.3. The number of methoxy groups -OCH3 is 1. The Kier molecular flexibility index (Phi) is 10.7. The molecule has 0 aliphatic carbocycles. The van der Waals surface area contributed by atoms with Crippen molar-refractivity contribution in [1.82, 2.24) is 9.97 Å². The normalized spacial score (nSPS) is 11.4. The van der Waals surface area contributed by atoms with Gasteiger partial charge in [0.05, 0.1) is 18.4 Å². The third kappa shape index (κ3) is 10.3. The number of aromatic nitrogens is 2. The largest absolute Gasteiger partial charge is 0.490 e. The second-order valence-corrected chi connectivity index (χ2v) is 5.63. The molecule has 0 unspecified atom stereocenters. The number of carboxylic acids is 2. The molecule has 0 radical (unpaired) electrons. The van der Waals surface area contributed by atoms with E-state index in [9.17, 15) is 39.5 Å². The van der Waals surface area contributed by atoms with Crippen LogP contribution < -0.4 is 10.5 Å². The van der Waals surface area contributed by atoms with Gasteiger partial charge in [-0.1, -0.05) is 0 Å². The molecular formula is C17H14F9N3O5. The van der Waals surface area contributed by atoms with Crippen LogP contribution >= 0.6 is 0 Å². The molecule has 0 fully saturated rings. The number of pyridine rings is 2. The van der Waals surface area contributed by atoms with Crippen LogP contribution in [0.4, 0.5) is 39.5 Å². The molecule has 0 aliphatic rings. The van der Waals surface area contributed by atoms with E-state index in [-0.39, 0.29) is 6.54 Å². The summed E-state index contributed by atoms with van der Waals surface area (Å²) in [5, 5.41) is 14.2. The van der Waals surface area contributed by atoms with E-state index in [2.05, 4.69) is 9.97 Å². The van der Waals surface area contributed by atoms with Gasteiger partial charge >= 0.3 is 30.5 Å². The molecule has 34 heavy (non-hydrogen) atoms. The number of ether oxygens (including phenoxy) is 1. The lowest BCUT2D eigenvalue weighted by atomic mass is 10.1. The maximum atomic E-state index is 12.5. The number of aliphatic carboxylic acids is 2. The molecule has 0 spiro atoms. The van der Waals surface area contributed by atoms with Crippen molar-refractivity contribution in [2.45, 2.75) is 25.1 Å². The molecule has 2 heterocycles. The average molecular weight is 511 g/mol. The second kappa shape index (κ2) is 12.0. The molecule has 2 rings (SSSR count). The summed E-state index contributed by atoms with van der Waals surface area (Å²) in [4.78, 5) is 25.6. The van der Waals surface area contributed by atoms with Gasteiger partial charge in [-0.15, -0.1) is 0 Å². The zero-order chi connectivity index (χ0) is 26.9. The molecule has 0 saturated carbocycles. The van der Waals surface area contributed by atoms with Crippen molar-refractivity contribution < 1.29 is 64.1 Å². The van der Waals surface area contributed by atoms with E-state index in [1.54, 1.807) is 6.07 Å². The highest BCUT2D eigenvalue weighted by Gasteiger charge is 2.38. The minimum atomic E-state index is -5.08. The summed E-state index contributed by atoms with van der Waals surface area (Å²) in [6.45, 7) is 0.213. The number of rotatable bonds is 3. The Labute approximate surface area is 183 Å². The van der Waals surface area contributed by atoms with Crippen LogP contribution in [0.2, 0.25) is 0 Å². The quantitative estimate of drug-likeness (QED) is 0.529. The Morgan fingerprint density at radius 1 is 0.912 bits per heavy atom. The summed E-state index contributed by atoms with van der Waals surface area (Å²) in [6, 6.07) is 3.97. The first kappa shape index (κ1) is 30.4. The molecule has 2 aromatic heterocycles. The molecule has 0 bridgehead atoms. The van der Waals surface area contributed by atoms with Gasteiger partial charge in [0.15, 0.2) is 0 Å². The van der Waals surface area contributed by atoms with Crippen LogP contribution in [0, 0.1) is 0 Å². The minimum absolute atomic E-state index is 0.213. The Morgan fingerprint density at radius 2 is 1.38 bits per heavy atom. The Balaban J connectivity index is 0.000000642. The van der Waals surface area contributed by atoms with Crippen LogP contribution in [-0.2, 0) is 22.3 Å². The second-order valence-electron chi connectivity index (χ2n) is 5.63. The van der Waals surface area contributed by atoms with Gasteiger partial charge in [-0.05, 0) is 18.2 Å². The molecular weight excluding hydrogens is 497 g/mol. The van der Waals surface area contributed by atoms with Gasteiger partial charge in [-0.25, -0.2) is 14.6 Å².